The van der Waals surface area contributed by atoms with Gasteiger partial charge in [0.15, 0.2) is 9.84 Å². The molecule has 0 atom stereocenters. The molecule has 2 aliphatic rings. The number of hydrogen-bond donors (Lipinski definition) is 1. The molecule has 4 rings (SSSR count). The lowest BCUT2D eigenvalue weighted by atomic mass is 10.1. The minimum absolute atomic E-state index is 0.0369. The summed E-state index contributed by atoms with van der Waals surface area (Å²) in [6, 6.07) is 5.77. The molecule has 1 fully saturated rings. The van der Waals surface area contributed by atoms with Crippen LogP contribution in [-0.4, -0.2) is 73.3 Å². The maximum absolute atomic E-state index is 12.5. The van der Waals surface area contributed by atoms with Crippen LogP contribution in [0.5, 0.6) is 0 Å². The van der Waals surface area contributed by atoms with Gasteiger partial charge in [0.1, 0.15) is 5.82 Å². The maximum Gasteiger partial charge on any atom is 0.255 e. The predicted molar refractivity (Wildman–Crippen MR) is 111 cm³/mol. The Balaban J connectivity index is 1.25. The van der Waals surface area contributed by atoms with E-state index in [-0.39, 0.29) is 30.5 Å². The lowest BCUT2D eigenvalue weighted by Gasteiger charge is -2.27. The van der Waals surface area contributed by atoms with Crippen molar-refractivity contribution in [2.75, 3.05) is 49.5 Å². The summed E-state index contributed by atoms with van der Waals surface area (Å²) in [6.07, 6.45) is 2.69. The number of fused-ring (bicyclic) bond motifs is 1. The highest BCUT2D eigenvalue weighted by Crippen LogP contribution is 2.23. The number of hydrogen-bond acceptors (Lipinski definition) is 7. The van der Waals surface area contributed by atoms with E-state index in [4.69, 9.17) is 0 Å². The second kappa shape index (κ2) is 8.18. The molecule has 0 radical (unpaired) electrons. The first-order valence-electron chi connectivity index (χ1n) is 9.47. The van der Waals surface area contributed by atoms with Crippen molar-refractivity contribution in [2.45, 2.75) is 13.0 Å². The van der Waals surface area contributed by atoms with Gasteiger partial charge in [0.25, 0.3) is 5.91 Å². The predicted octanol–water partition coefficient (Wildman–Crippen LogP) is 1.48. The molecule has 0 bridgehead atoms. The number of nitrogens with zero attached hydrogens (tertiary/aromatic N) is 3. The van der Waals surface area contributed by atoms with Crippen LogP contribution in [0, 0.1) is 0 Å². The maximum atomic E-state index is 12.5. The van der Waals surface area contributed by atoms with Gasteiger partial charge in [0, 0.05) is 50.3 Å². The molecule has 9 heteroatoms. The number of anilines is 1. The Morgan fingerprint density at radius 2 is 2.00 bits per heavy atom. The van der Waals surface area contributed by atoms with E-state index >= 15 is 0 Å². The number of nitrogens with one attached hydrogen (secondary N) is 1. The van der Waals surface area contributed by atoms with E-state index in [1.807, 2.05) is 11.3 Å². The fourth-order valence-electron chi connectivity index (χ4n) is 3.56. The molecule has 2 aromatic rings. The highest BCUT2D eigenvalue weighted by molar-refractivity contribution is 7.91. The molecule has 0 unspecified atom stereocenters. The van der Waals surface area contributed by atoms with Crippen LogP contribution < -0.4 is 5.32 Å². The van der Waals surface area contributed by atoms with E-state index in [0.717, 1.165) is 38.4 Å². The molecule has 0 aliphatic carbocycles. The molecule has 1 amide bonds. The molecule has 0 saturated carbocycles. The van der Waals surface area contributed by atoms with Crippen LogP contribution in [0.25, 0.3) is 0 Å². The first kappa shape index (κ1) is 19.4. The molecule has 7 nitrogen and oxygen atoms in total. The fourth-order valence-corrected chi connectivity index (χ4v) is 5.65. The quantitative estimate of drug-likeness (QED) is 0.789. The largest absolute Gasteiger partial charge is 0.369 e. The zero-order valence-electron chi connectivity index (χ0n) is 15.6. The number of amides is 1. The van der Waals surface area contributed by atoms with Gasteiger partial charge in [-0.1, -0.05) is 0 Å². The van der Waals surface area contributed by atoms with Crippen LogP contribution in [0.1, 0.15) is 20.8 Å². The number of carbonyl (C=O) groups is 1. The standard InChI is InChI=1S/C19H24N4O3S2/c24-19(23-8-11-28(25,26)12-9-23)15-1-2-18(21-13-15)20-5-7-22-6-3-17-16(14-22)4-10-27-17/h1-2,4,10,13H,3,5-9,11-12,14H2,(H,20,21). The minimum Gasteiger partial charge on any atom is -0.369 e. The Bertz CT molecular complexity index is 926. The molecular formula is C19H24N4O3S2. The molecule has 0 spiro atoms. The topological polar surface area (TPSA) is 82.6 Å². The van der Waals surface area contributed by atoms with Crippen LogP contribution in [-0.2, 0) is 22.8 Å². The summed E-state index contributed by atoms with van der Waals surface area (Å²) >= 11 is 1.85. The summed E-state index contributed by atoms with van der Waals surface area (Å²) < 4.78 is 23.0. The van der Waals surface area contributed by atoms with Crippen LogP contribution in [0.2, 0.25) is 0 Å². The van der Waals surface area contributed by atoms with Gasteiger partial charge in [-0.2, -0.15) is 0 Å². The molecule has 2 aliphatic heterocycles. The molecule has 1 saturated heterocycles. The van der Waals surface area contributed by atoms with Crippen molar-refractivity contribution in [1.82, 2.24) is 14.8 Å². The van der Waals surface area contributed by atoms with Gasteiger partial charge in [0.05, 0.1) is 17.1 Å². The van der Waals surface area contributed by atoms with Gasteiger partial charge >= 0.3 is 0 Å². The summed E-state index contributed by atoms with van der Waals surface area (Å²) in [5, 5.41) is 5.48. The van der Waals surface area contributed by atoms with Gasteiger partial charge in [0.2, 0.25) is 0 Å². The zero-order valence-corrected chi connectivity index (χ0v) is 17.3. The average molecular weight is 421 g/mol. The van der Waals surface area contributed by atoms with E-state index < -0.39 is 9.84 Å². The number of pyridine rings is 1. The van der Waals surface area contributed by atoms with Crippen molar-refractivity contribution in [3.8, 4) is 0 Å². The van der Waals surface area contributed by atoms with Crippen LogP contribution in [0.15, 0.2) is 29.8 Å². The van der Waals surface area contributed by atoms with Crippen molar-refractivity contribution >= 4 is 32.9 Å². The normalized spacial score (nSPS) is 19.2. The third-order valence-electron chi connectivity index (χ3n) is 5.26. The number of carbonyl (C=O) groups excluding carboxylic acids is 1. The summed E-state index contributed by atoms with van der Waals surface area (Å²) in [4.78, 5) is 22.4. The lowest BCUT2D eigenvalue weighted by molar-refractivity contribution is 0.0770. The third-order valence-corrected chi connectivity index (χ3v) is 7.90. The van der Waals surface area contributed by atoms with E-state index in [0.29, 0.717) is 5.56 Å². The zero-order chi connectivity index (χ0) is 19.6. The Morgan fingerprint density at radius 3 is 2.75 bits per heavy atom. The second-order valence-corrected chi connectivity index (χ2v) is 10.5. The van der Waals surface area contributed by atoms with Crippen molar-refractivity contribution in [1.29, 1.82) is 0 Å². The first-order valence-corrected chi connectivity index (χ1v) is 12.2. The van der Waals surface area contributed by atoms with Crippen molar-refractivity contribution in [3.05, 3.63) is 45.8 Å². The van der Waals surface area contributed by atoms with Gasteiger partial charge in [-0.25, -0.2) is 13.4 Å². The summed E-state index contributed by atoms with van der Waals surface area (Å²) in [7, 11) is -2.99. The molecule has 28 heavy (non-hydrogen) atoms. The van der Waals surface area contributed by atoms with Gasteiger partial charge in [-0.3, -0.25) is 9.69 Å². The monoisotopic (exact) mass is 420 g/mol. The SMILES string of the molecule is O=C(c1ccc(NCCN2CCc3sccc3C2)nc1)N1CCS(=O)(=O)CC1. The number of aromatic nitrogens is 1. The number of sulfone groups is 1. The van der Waals surface area contributed by atoms with E-state index in [1.54, 1.807) is 23.2 Å². The molecule has 0 aromatic carbocycles. The van der Waals surface area contributed by atoms with Crippen molar-refractivity contribution < 1.29 is 13.2 Å². The van der Waals surface area contributed by atoms with Gasteiger partial charge < -0.3 is 10.2 Å². The van der Waals surface area contributed by atoms with Crippen LogP contribution >= 0.6 is 11.3 Å². The highest BCUT2D eigenvalue weighted by atomic mass is 32.2. The number of rotatable bonds is 5. The lowest BCUT2D eigenvalue weighted by Crippen LogP contribution is -2.43. The van der Waals surface area contributed by atoms with E-state index in [1.165, 1.54) is 10.4 Å². The minimum atomic E-state index is -2.99. The van der Waals surface area contributed by atoms with Gasteiger partial charge in [-0.15, -0.1) is 11.3 Å². The first-order chi connectivity index (χ1) is 13.5. The van der Waals surface area contributed by atoms with Crippen LogP contribution in [0.3, 0.4) is 0 Å². The van der Waals surface area contributed by atoms with Crippen LogP contribution in [0.4, 0.5) is 5.82 Å². The smallest absolute Gasteiger partial charge is 0.255 e. The Morgan fingerprint density at radius 1 is 1.18 bits per heavy atom. The molecule has 150 valence electrons. The van der Waals surface area contributed by atoms with Crippen molar-refractivity contribution in [2.24, 2.45) is 0 Å². The van der Waals surface area contributed by atoms with Crippen molar-refractivity contribution in [3.63, 3.8) is 0 Å². The second-order valence-electron chi connectivity index (χ2n) is 7.20. The third kappa shape index (κ3) is 4.53. The van der Waals surface area contributed by atoms with Gasteiger partial charge in [-0.05, 0) is 35.6 Å². The summed E-state index contributed by atoms with van der Waals surface area (Å²) in [6.45, 7) is 4.34. The Labute approximate surface area is 169 Å². The summed E-state index contributed by atoms with van der Waals surface area (Å²) in [5.41, 5.74) is 1.94. The highest BCUT2D eigenvalue weighted by Gasteiger charge is 2.25. The fraction of sp³-hybridized carbons (Fsp3) is 0.474. The molecule has 1 N–H and O–H groups in total. The van der Waals surface area contributed by atoms with E-state index in [2.05, 4.69) is 26.6 Å². The van der Waals surface area contributed by atoms with E-state index in [9.17, 15) is 13.2 Å². The summed E-state index contributed by atoms with van der Waals surface area (Å²) in [5.74, 6) is 0.657. The molecule has 4 heterocycles. The number of thiophene rings is 1. The average Bonchev–Trinajstić information content (AvgIpc) is 3.16. The Kier molecular flexibility index (Phi) is 5.65. The Hall–Kier alpha value is -1.97. The molecule has 2 aromatic heterocycles. The molecular weight excluding hydrogens is 396 g/mol.